The molecule has 0 radical (unpaired) electrons. The van der Waals surface area contributed by atoms with Crippen LogP contribution in [0.1, 0.15) is 31.5 Å². The normalized spacial score (nSPS) is 11.3. The molecular formula is C23H28N4O4S. The first-order valence-electron chi connectivity index (χ1n) is 10.6. The Labute approximate surface area is 188 Å². The summed E-state index contributed by atoms with van der Waals surface area (Å²) >= 11 is 0. The fourth-order valence-electron chi connectivity index (χ4n) is 3.25. The van der Waals surface area contributed by atoms with E-state index in [4.69, 9.17) is 4.52 Å². The van der Waals surface area contributed by atoms with E-state index in [2.05, 4.69) is 39.4 Å². The monoisotopic (exact) mass is 456 g/mol. The molecule has 0 bridgehead atoms. The number of aromatic nitrogens is 2. The van der Waals surface area contributed by atoms with Crippen LogP contribution in [0.25, 0.3) is 0 Å². The van der Waals surface area contributed by atoms with E-state index < -0.39 is 9.84 Å². The van der Waals surface area contributed by atoms with Crippen LogP contribution in [0.2, 0.25) is 0 Å². The largest absolute Gasteiger partial charge is 0.372 e. The highest BCUT2D eigenvalue weighted by atomic mass is 32.2. The molecule has 32 heavy (non-hydrogen) atoms. The van der Waals surface area contributed by atoms with Crippen molar-refractivity contribution in [3.63, 3.8) is 0 Å². The number of hydrogen-bond donors (Lipinski definition) is 1. The summed E-state index contributed by atoms with van der Waals surface area (Å²) in [4.78, 5) is 18.7. The third kappa shape index (κ3) is 6.91. The van der Waals surface area contributed by atoms with E-state index in [0.717, 1.165) is 19.5 Å². The minimum absolute atomic E-state index is 0.0878. The number of nitrogens with zero attached hydrogens (tertiary/aromatic N) is 3. The zero-order chi connectivity index (χ0) is 22.8. The Balaban J connectivity index is 1.39. The summed E-state index contributed by atoms with van der Waals surface area (Å²) in [6, 6.07) is 18.3. The Kier molecular flexibility index (Phi) is 8.38. The van der Waals surface area contributed by atoms with Gasteiger partial charge in [-0.05, 0) is 37.6 Å². The van der Waals surface area contributed by atoms with E-state index in [-0.39, 0.29) is 41.1 Å². The molecule has 0 saturated carbocycles. The maximum Gasteiger partial charge on any atom is 0.227 e. The van der Waals surface area contributed by atoms with E-state index in [1.807, 2.05) is 18.2 Å². The molecule has 2 aromatic carbocycles. The third-order valence-corrected chi connectivity index (χ3v) is 6.56. The second kappa shape index (κ2) is 11.4. The van der Waals surface area contributed by atoms with E-state index in [9.17, 15) is 13.2 Å². The SMILES string of the molecule is CCN(CCCNC(=O)CCc1nc(CS(=O)(=O)c2ccccc2)no1)c1ccccc1. The van der Waals surface area contributed by atoms with Crippen LogP contribution in [-0.4, -0.2) is 44.1 Å². The molecule has 0 aliphatic carbocycles. The van der Waals surface area contributed by atoms with E-state index in [0.29, 0.717) is 6.54 Å². The summed E-state index contributed by atoms with van der Waals surface area (Å²) in [5, 5.41) is 6.63. The zero-order valence-electron chi connectivity index (χ0n) is 18.1. The van der Waals surface area contributed by atoms with Gasteiger partial charge in [0, 0.05) is 38.2 Å². The van der Waals surface area contributed by atoms with Crippen LogP contribution >= 0.6 is 0 Å². The van der Waals surface area contributed by atoms with Crippen molar-refractivity contribution in [3.8, 4) is 0 Å². The number of amides is 1. The number of rotatable bonds is 12. The molecule has 1 aromatic heterocycles. The first-order valence-corrected chi connectivity index (χ1v) is 12.3. The van der Waals surface area contributed by atoms with Gasteiger partial charge in [0.2, 0.25) is 11.8 Å². The Morgan fingerprint density at radius 2 is 1.75 bits per heavy atom. The molecule has 3 rings (SSSR count). The Bertz CT molecular complexity index is 1090. The molecule has 0 saturated heterocycles. The predicted octanol–water partition coefficient (Wildman–Crippen LogP) is 3.01. The summed E-state index contributed by atoms with van der Waals surface area (Å²) in [5.74, 6) is -0.115. The molecule has 3 aromatic rings. The third-order valence-electron chi connectivity index (χ3n) is 4.93. The molecule has 0 atom stereocenters. The maximum atomic E-state index is 12.4. The Hall–Kier alpha value is -3.20. The van der Waals surface area contributed by atoms with Crippen molar-refractivity contribution in [3.05, 3.63) is 72.4 Å². The molecular weight excluding hydrogens is 428 g/mol. The highest BCUT2D eigenvalue weighted by Gasteiger charge is 2.19. The summed E-state index contributed by atoms with van der Waals surface area (Å²) in [6.07, 6.45) is 1.29. The van der Waals surface area contributed by atoms with Crippen molar-refractivity contribution in [1.29, 1.82) is 0 Å². The Morgan fingerprint density at radius 3 is 2.44 bits per heavy atom. The number of hydrogen-bond acceptors (Lipinski definition) is 7. The number of carbonyl (C=O) groups is 1. The first kappa shape index (κ1) is 23.5. The number of para-hydroxylation sites is 1. The van der Waals surface area contributed by atoms with Gasteiger partial charge in [-0.1, -0.05) is 41.6 Å². The van der Waals surface area contributed by atoms with Crippen LogP contribution in [0.4, 0.5) is 5.69 Å². The number of carbonyl (C=O) groups excluding carboxylic acids is 1. The summed E-state index contributed by atoms with van der Waals surface area (Å²) in [7, 11) is -3.54. The molecule has 0 fully saturated rings. The van der Waals surface area contributed by atoms with Crippen molar-refractivity contribution >= 4 is 21.4 Å². The molecule has 1 heterocycles. The van der Waals surface area contributed by atoms with Gasteiger partial charge >= 0.3 is 0 Å². The second-order valence-corrected chi connectivity index (χ2v) is 9.28. The van der Waals surface area contributed by atoms with Crippen molar-refractivity contribution in [2.24, 2.45) is 0 Å². The predicted molar refractivity (Wildman–Crippen MR) is 122 cm³/mol. The average molecular weight is 457 g/mol. The van der Waals surface area contributed by atoms with E-state index >= 15 is 0 Å². The summed E-state index contributed by atoms with van der Waals surface area (Å²) < 4.78 is 29.9. The lowest BCUT2D eigenvalue weighted by atomic mass is 10.2. The van der Waals surface area contributed by atoms with Crippen molar-refractivity contribution in [2.45, 2.75) is 36.8 Å². The number of nitrogens with one attached hydrogen (secondary N) is 1. The molecule has 170 valence electrons. The van der Waals surface area contributed by atoms with Gasteiger partial charge < -0.3 is 14.7 Å². The van der Waals surface area contributed by atoms with Gasteiger partial charge in [0.05, 0.1) is 4.90 Å². The highest BCUT2D eigenvalue weighted by Crippen LogP contribution is 2.15. The van der Waals surface area contributed by atoms with Gasteiger partial charge in [0.25, 0.3) is 0 Å². The number of anilines is 1. The van der Waals surface area contributed by atoms with Crippen molar-refractivity contribution in [2.75, 3.05) is 24.5 Å². The molecule has 8 nitrogen and oxygen atoms in total. The highest BCUT2D eigenvalue weighted by molar-refractivity contribution is 7.90. The smallest absolute Gasteiger partial charge is 0.227 e. The quantitative estimate of drug-likeness (QED) is 0.418. The van der Waals surface area contributed by atoms with Gasteiger partial charge in [-0.25, -0.2) is 8.42 Å². The van der Waals surface area contributed by atoms with E-state index in [1.54, 1.807) is 18.2 Å². The van der Waals surface area contributed by atoms with Gasteiger partial charge in [-0.15, -0.1) is 0 Å². The number of sulfone groups is 1. The van der Waals surface area contributed by atoms with Crippen molar-refractivity contribution < 1.29 is 17.7 Å². The molecule has 1 amide bonds. The summed E-state index contributed by atoms with van der Waals surface area (Å²) in [6.45, 7) is 4.43. The fourth-order valence-corrected chi connectivity index (χ4v) is 4.44. The minimum atomic E-state index is -3.54. The van der Waals surface area contributed by atoms with Crippen LogP contribution in [0, 0.1) is 0 Å². The van der Waals surface area contributed by atoms with E-state index in [1.165, 1.54) is 17.8 Å². The molecule has 9 heteroatoms. The topological polar surface area (TPSA) is 105 Å². The molecule has 0 spiro atoms. The molecule has 0 aliphatic heterocycles. The van der Waals surface area contributed by atoms with Gasteiger partial charge in [0.1, 0.15) is 5.75 Å². The number of benzene rings is 2. The van der Waals surface area contributed by atoms with Crippen LogP contribution in [0.5, 0.6) is 0 Å². The first-order chi connectivity index (χ1) is 15.5. The summed E-state index contributed by atoms with van der Waals surface area (Å²) in [5.41, 5.74) is 1.17. The van der Waals surface area contributed by atoms with Gasteiger partial charge in [0.15, 0.2) is 15.7 Å². The lowest BCUT2D eigenvalue weighted by Crippen LogP contribution is -2.30. The maximum absolute atomic E-state index is 12.4. The van der Waals surface area contributed by atoms with Crippen molar-refractivity contribution in [1.82, 2.24) is 15.5 Å². The van der Waals surface area contributed by atoms with Crippen LogP contribution < -0.4 is 10.2 Å². The van der Waals surface area contributed by atoms with Gasteiger partial charge in [-0.3, -0.25) is 4.79 Å². The second-order valence-electron chi connectivity index (χ2n) is 7.30. The van der Waals surface area contributed by atoms with Crippen LogP contribution in [0.15, 0.2) is 70.1 Å². The minimum Gasteiger partial charge on any atom is -0.372 e. The van der Waals surface area contributed by atoms with Gasteiger partial charge in [-0.2, -0.15) is 4.98 Å². The fraction of sp³-hybridized carbons (Fsp3) is 0.348. The zero-order valence-corrected chi connectivity index (χ0v) is 18.9. The Morgan fingerprint density at radius 1 is 1.06 bits per heavy atom. The number of aryl methyl sites for hydroxylation is 1. The average Bonchev–Trinajstić information content (AvgIpc) is 3.25. The standard InChI is InChI=1S/C23H28N4O4S/c1-2-27(19-10-5-3-6-11-19)17-9-16-24-22(28)14-15-23-25-21(26-31-23)18-32(29,30)20-12-7-4-8-13-20/h3-8,10-13H,2,9,14-18H2,1H3,(H,24,28). The molecule has 0 unspecified atom stereocenters. The lowest BCUT2D eigenvalue weighted by molar-refractivity contribution is -0.121. The lowest BCUT2D eigenvalue weighted by Gasteiger charge is -2.23. The van der Waals surface area contributed by atoms with Crippen LogP contribution in [0.3, 0.4) is 0 Å². The molecule has 0 aliphatic rings. The molecule has 1 N–H and O–H groups in total. The van der Waals surface area contributed by atoms with Crippen LogP contribution in [-0.2, 0) is 26.8 Å².